The van der Waals surface area contributed by atoms with Crippen molar-refractivity contribution in [2.75, 3.05) is 7.05 Å². The molecule has 1 saturated carbocycles. The third-order valence-electron chi connectivity index (χ3n) is 2.34. The molecule has 1 aliphatic rings. The fraction of sp³-hybridized carbons (Fsp3) is 1.00. The van der Waals surface area contributed by atoms with Gasteiger partial charge in [-0.2, -0.15) is 0 Å². The minimum Gasteiger partial charge on any atom is -0.261 e. The predicted molar refractivity (Wildman–Crippen MR) is 40.8 cm³/mol. The zero-order valence-electron chi connectivity index (χ0n) is 6.96. The van der Waals surface area contributed by atoms with Gasteiger partial charge in [0.2, 0.25) is 5.92 Å². The van der Waals surface area contributed by atoms with Crippen LogP contribution in [0.5, 0.6) is 0 Å². The van der Waals surface area contributed by atoms with Crippen molar-refractivity contribution in [3.8, 4) is 0 Å². The molecule has 1 rings (SSSR count). The van der Waals surface area contributed by atoms with E-state index < -0.39 is 5.92 Å². The van der Waals surface area contributed by atoms with Gasteiger partial charge >= 0.3 is 0 Å². The fourth-order valence-electron chi connectivity index (χ4n) is 1.47. The van der Waals surface area contributed by atoms with Gasteiger partial charge in [-0.15, -0.1) is 4.91 Å². The van der Waals surface area contributed by atoms with E-state index in [-0.39, 0.29) is 18.9 Å². The summed E-state index contributed by atoms with van der Waals surface area (Å²) in [4.78, 5) is 10.1. The molecule has 0 atom stereocenters. The van der Waals surface area contributed by atoms with Crippen LogP contribution in [0, 0.1) is 4.91 Å². The van der Waals surface area contributed by atoms with E-state index in [1.54, 1.807) is 0 Å². The van der Waals surface area contributed by atoms with Crippen LogP contribution in [0.3, 0.4) is 0 Å². The predicted octanol–water partition coefficient (Wildman–Crippen LogP) is 2.18. The van der Waals surface area contributed by atoms with Gasteiger partial charge in [0, 0.05) is 19.9 Å². The topological polar surface area (TPSA) is 32.7 Å². The van der Waals surface area contributed by atoms with Crippen molar-refractivity contribution < 1.29 is 8.78 Å². The summed E-state index contributed by atoms with van der Waals surface area (Å²) in [5, 5.41) is 3.93. The Morgan fingerprint density at radius 2 is 1.92 bits per heavy atom. The lowest BCUT2D eigenvalue weighted by Gasteiger charge is -2.30. The standard InChI is InChI=1S/C7H12F2N2O/c1-11(10-12)6-2-4-7(8,9)5-3-6/h6H,2-5H2,1H3. The Labute approximate surface area is 69.7 Å². The second-order valence-electron chi connectivity index (χ2n) is 3.24. The second-order valence-corrected chi connectivity index (χ2v) is 3.24. The normalized spacial score (nSPS) is 23.6. The zero-order chi connectivity index (χ0) is 9.19. The maximum absolute atomic E-state index is 12.6. The van der Waals surface area contributed by atoms with Crippen LogP contribution in [0.25, 0.3) is 0 Å². The Morgan fingerprint density at radius 1 is 1.42 bits per heavy atom. The number of halogens is 2. The molecule has 1 fully saturated rings. The highest BCUT2D eigenvalue weighted by Crippen LogP contribution is 2.34. The smallest absolute Gasteiger partial charge is 0.248 e. The van der Waals surface area contributed by atoms with E-state index >= 15 is 0 Å². The van der Waals surface area contributed by atoms with E-state index in [1.807, 2.05) is 0 Å². The van der Waals surface area contributed by atoms with Crippen molar-refractivity contribution in [1.82, 2.24) is 5.01 Å². The minimum absolute atomic E-state index is 0.0953. The van der Waals surface area contributed by atoms with Gasteiger partial charge < -0.3 is 0 Å². The van der Waals surface area contributed by atoms with E-state index in [0.717, 1.165) is 0 Å². The molecule has 5 heteroatoms. The molecule has 0 unspecified atom stereocenters. The Balaban J connectivity index is 2.40. The summed E-state index contributed by atoms with van der Waals surface area (Å²) in [6.07, 6.45) is 0.458. The molecular formula is C7H12F2N2O. The molecule has 0 saturated heterocycles. The van der Waals surface area contributed by atoms with Crippen LogP contribution in [-0.2, 0) is 0 Å². The summed E-state index contributed by atoms with van der Waals surface area (Å²) in [6.45, 7) is 0. The summed E-state index contributed by atoms with van der Waals surface area (Å²) < 4.78 is 25.2. The summed E-state index contributed by atoms with van der Waals surface area (Å²) in [7, 11) is 1.53. The molecule has 0 heterocycles. The van der Waals surface area contributed by atoms with Crippen molar-refractivity contribution in [1.29, 1.82) is 0 Å². The van der Waals surface area contributed by atoms with Crippen molar-refractivity contribution in [3.63, 3.8) is 0 Å². The van der Waals surface area contributed by atoms with Gasteiger partial charge in [0.15, 0.2) is 0 Å². The number of alkyl halides is 2. The molecule has 3 nitrogen and oxygen atoms in total. The molecule has 0 bridgehead atoms. The van der Waals surface area contributed by atoms with Gasteiger partial charge in [-0.3, -0.25) is 5.01 Å². The first kappa shape index (κ1) is 9.35. The lowest BCUT2D eigenvalue weighted by atomic mass is 9.92. The van der Waals surface area contributed by atoms with E-state index in [1.165, 1.54) is 12.1 Å². The number of hydrogen-bond donors (Lipinski definition) is 0. The molecule has 0 aromatic carbocycles. The van der Waals surface area contributed by atoms with Gasteiger partial charge in [-0.05, 0) is 12.8 Å². The van der Waals surface area contributed by atoms with E-state index in [9.17, 15) is 13.7 Å². The van der Waals surface area contributed by atoms with Crippen LogP contribution in [0.15, 0.2) is 5.29 Å². The summed E-state index contributed by atoms with van der Waals surface area (Å²) in [6, 6.07) is -0.0953. The molecule has 0 aromatic rings. The lowest BCUT2D eigenvalue weighted by Crippen LogP contribution is -2.35. The average Bonchev–Trinajstić information content (AvgIpc) is 2.03. The lowest BCUT2D eigenvalue weighted by molar-refractivity contribution is -0.0512. The molecule has 70 valence electrons. The summed E-state index contributed by atoms with van der Waals surface area (Å²) in [5.41, 5.74) is 0. The van der Waals surface area contributed by atoms with E-state index in [0.29, 0.717) is 12.8 Å². The first-order chi connectivity index (χ1) is 5.55. The monoisotopic (exact) mass is 178 g/mol. The van der Waals surface area contributed by atoms with Crippen LogP contribution in [-0.4, -0.2) is 24.0 Å². The molecule has 0 amide bonds. The Bertz CT molecular complexity index is 165. The molecular weight excluding hydrogens is 166 g/mol. The molecule has 1 aliphatic carbocycles. The van der Waals surface area contributed by atoms with Crippen molar-refractivity contribution in [2.24, 2.45) is 5.29 Å². The first-order valence-corrected chi connectivity index (χ1v) is 3.99. The maximum atomic E-state index is 12.6. The summed E-state index contributed by atoms with van der Waals surface area (Å²) in [5.74, 6) is -2.53. The van der Waals surface area contributed by atoms with Crippen molar-refractivity contribution in [2.45, 2.75) is 37.6 Å². The molecule has 0 aliphatic heterocycles. The highest BCUT2D eigenvalue weighted by atomic mass is 19.3. The highest BCUT2D eigenvalue weighted by Gasteiger charge is 2.36. The quantitative estimate of drug-likeness (QED) is 0.479. The molecule has 0 N–H and O–H groups in total. The van der Waals surface area contributed by atoms with E-state index in [2.05, 4.69) is 5.29 Å². The SMILES string of the molecule is CN(N=O)C1CCC(F)(F)CC1. The van der Waals surface area contributed by atoms with Crippen molar-refractivity contribution >= 4 is 0 Å². The van der Waals surface area contributed by atoms with Gasteiger partial charge in [0.1, 0.15) is 0 Å². The van der Waals surface area contributed by atoms with Crippen LogP contribution >= 0.6 is 0 Å². The maximum Gasteiger partial charge on any atom is 0.248 e. The second kappa shape index (κ2) is 3.33. The summed E-state index contributed by atoms with van der Waals surface area (Å²) >= 11 is 0. The van der Waals surface area contributed by atoms with E-state index in [4.69, 9.17) is 0 Å². The van der Waals surface area contributed by atoms with Crippen LogP contribution in [0.4, 0.5) is 8.78 Å². The number of hydrogen-bond acceptors (Lipinski definition) is 2. The van der Waals surface area contributed by atoms with Gasteiger partial charge in [0.05, 0.1) is 11.3 Å². The van der Waals surface area contributed by atoms with Gasteiger partial charge in [-0.25, -0.2) is 8.78 Å². The average molecular weight is 178 g/mol. The zero-order valence-corrected chi connectivity index (χ0v) is 6.96. The molecule has 12 heavy (non-hydrogen) atoms. The third-order valence-corrected chi connectivity index (χ3v) is 2.34. The van der Waals surface area contributed by atoms with Gasteiger partial charge in [0.25, 0.3) is 0 Å². The van der Waals surface area contributed by atoms with Crippen LogP contribution in [0.2, 0.25) is 0 Å². The largest absolute Gasteiger partial charge is 0.261 e. The minimum atomic E-state index is -2.53. The van der Waals surface area contributed by atoms with Gasteiger partial charge in [-0.1, -0.05) is 0 Å². The van der Waals surface area contributed by atoms with Crippen molar-refractivity contribution in [3.05, 3.63) is 4.91 Å². The number of nitroso groups, excluding NO2 is 1. The molecule has 0 spiro atoms. The third kappa shape index (κ3) is 2.12. The highest BCUT2D eigenvalue weighted by molar-refractivity contribution is 4.80. The Kier molecular flexibility index (Phi) is 2.59. The molecule has 0 aromatic heterocycles. The van der Waals surface area contributed by atoms with Crippen LogP contribution in [0.1, 0.15) is 25.7 Å². The first-order valence-electron chi connectivity index (χ1n) is 3.99. The fourth-order valence-corrected chi connectivity index (χ4v) is 1.47. The Morgan fingerprint density at radius 3 is 2.33 bits per heavy atom. The number of rotatable bonds is 2. The molecule has 0 radical (unpaired) electrons. The Hall–Kier alpha value is -0.740. The van der Waals surface area contributed by atoms with Crippen LogP contribution < -0.4 is 0 Å². The number of nitrogens with zero attached hydrogens (tertiary/aromatic N) is 2.